The molecule has 2 N–H and O–H groups in total. The van der Waals surface area contributed by atoms with Gasteiger partial charge in [0.1, 0.15) is 5.75 Å². The third kappa shape index (κ3) is 2.93. The molecule has 112 valence electrons. The predicted molar refractivity (Wildman–Crippen MR) is 83.5 cm³/mol. The molecule has 0 spiro atoms. The van der Waals surface area contributed by atoms with Crippen LogP contribution in [0.2, 0.25) is 5.02 Å². The summed E-state index contributed by atoms with van der Waals surface area (Å²) in [5, 5.41) is 0.797. The molecule has 2 aliphatic rings. The first-order chi connectivity index (χ1) is 10.1. The van der Waals surface area contributed by atoms with Gasteiger partial charge in [-0.3, -0.25) is 4.79 Å². The maximum Gasteiger partial charge on any atom is 0.244 e. The van der Waals surface area contributed by atoms with Crippen molar-refractivity contribution in [2.24, 2.45) is 17.6 Å². The van der Waals surface area contributed by atoms with Crippen LogP contribution in [0.4, 0.5) is 0 Å². The Hall–Kier alpha value is -1.48. The van der Waals surface area contributed by atoms with E-state index in [2.05, 4.69) is 6.07 Å². The van der Waals surface area contributed by atoms with Crippen molar-refractivity contribution in [1.29, 1.82) is 0 Å². The maximum absolute atomic E-state index is 11.2. The van der Waals surface area contributed by atoms with Crippen LogP contribution in [0.25, 0.3) is 0 Å². The summed E-state index contributed by atoms with van der Waals surface area (Å²) in [7, 11) is 1.65. The molecular weight excluding hydrogens is 286 g/mol. The molecule has 0 aromatic heterocycles. The number of ether oxygens (including phenoxy) is 1. The lowest BCUT2D eigenvalue weighted by Gasteiger charge is -2.21. The molecule has 0 bridgehead atoms. The molecule has 1 amide bonds. The second kappa shape index (κ2) is 5.72. The van der Waals surface area contributed by atoms with Crippen molar-refractivity contribution in [3.63, 3.8) is 0 Å². The largest absolute Gasteiger partial charge is 0.497 e. The Morgan fingerprint density at radius 1 is 1.43 bits per heavy atom. The predicted octanol–water partition coefficient (Wildman–Crippen LogP) is 3.66. The normalized spacial score (nSPS) is 27.9. The standard InChI is InChI=1S/C17H20ClNO2/c1-21-12-6-7-13(16(18)8-12)15-9-14(15)10-2-4-11(5-3-10)17(19)20/h4,6-8,10,14-15H,2-3,5,9H2,1H3,(H2,19,20). The summed E-state index contributed by atoms with van der Waals surface area (Å²) in [4.78, 5) is 11.2. The van der Waals surface area contributed by atoms with Gasteiger partial charge in [0.05, 0.1) is 7.11 Å². The molecule has 2 aliphatic carbocycles. The quantitative estimate of drug-likeness (QED) is 0.923. The van der Waals surface area contributed by atoms with E-state index in [1.54, 1.807) is 7.11 Å². The minimum absolute atomic E-state index is 0.265. The average Bonchev–Trinajstić information content (AvgIpc) is 3.27. The van der Waals surface area contributed by atoms with Crippen molar-refractivity contribution in [1.82, 2.24) is 0 Å². The lowest BCUT2D eigenvalue weighted by molar-refractivity contribution is -0.114. The summed E-state index contributed by atoms with van der Waals surface area (Å²) in [5.74, 6) is 2.42. The number of primary amides is 1. The smallest absolute Gasteiger partial charge is 0.244 e. The Morgan fingerprint density at radius 3 is 2.81 bits per heavy atom. The lowest BCUT2D eigenvalue weighted by Crippen LogP contribution is -2.19. The number of rotatable bonds is 4. The molecule has 1 saturated carbocycles. The van der Waals surface area contributed by atoms with E-state index in [0.29, 0.717) is 17.8 Å². The fourth-order valence-corrected chi connectivity index (χ4v) is 3.81. The van der Waals surface area contributed by atoms with E-state index in [9.17, 15) is 4.79 Å². The Kier molecular flexibility index (Phi) is 3.94. The van der Waals surface area contributed by atoms with Gasteiger partial charge in [0.15, 0.2) is 0 Å². The fraction of sp³-hybridized carbons (Fsp3) is 0.471. The summed E-state index contributed by atoms with van der Waals surface area (Å²) >= 11 is 6.36. The monoisotopic (exact) mass is 305 g/mol. The first-order valence-corrected chi connectivity index (χ1v) is 7.80. The van der Waals surface area contributed by atoms with Gasteiger partial charge in [0.2, 0.25) is 5.91 Å². The molecule has 3 unspecified atom stereocenters. The number of allylic oxidation sites excluding steroid dienone is 1. The Morgan fingerprint density at radius 2 is 2.24 bits per heavy atom. The van der Waals surface area contributed by atoms with Crippen molar-refractivity contribution >= 4 is 17.5 Å². The zero-order chi connectivity index (χ0) is 15.0. The van der Waals surface area contributed by atoms with Crippen LogP contribution < -0.4 is 10.5 Å². The molecule has 0 saturated heterocycles. The number of amides is 1. The van der Waals surface area contributed by atoms with Crippen LogP contribution in [0.3, 0.4) is 0 Å². The zero-order valence-corrected chi connectivity index (χ0v) is 12.9. The van der Waals surface area contributed by atoms with Crippen LogP contribution in [0.5, 0.6) is 5.75 Å². The number of carbonyl (C=O) groups excluding carboxylic acids is 1. The molecule has 1 aromatic rings. The average molecular weight is 306 g/mol. The molecule has 3 nitrogen and oxygen atoms in total. The molecule has 0 radical (unpaired) electrons. The van der Waals surface area contributed by atoms with Crippen molar-refractivity contribution in [2.75, 3.05) is 7.11 Å². The van der Waals surface area contributed by atoms with Gasteiger partial charge < -0.3 is 10.5 Å². The highest BCUT2D eigenvalue weighted by Gasteiger charge is 2.44. The topological polar surface area (TPSA) is 52.3 Å². The molecular formula is C17H20ClNO2. The van der Waals surface area contributed by atoms with Gasteiger partial charge in [0.25, 0.3) is 0 Å². The highest BCUT2D eigenvalue weighted by molar-refractivity contribution is 6.31. The van der Waals surface area contributed by atoms with E-state index < -0.39 is 0 Å². The van der Waals surface area contributed by atoms with Gasteiger partial charge in [-0.15, -0.1) is 0 Å². The fourth-order valence-electron chi connectivity index (χ4n) is 3.50. The second-order valence-corrected chi connectivity index (χ2v) is 6.43. The zero-order valence-electron chi connectivity index (χ0n) is 12.1. The Bertz CT molecular complexity index is 596. The number of hydrogen-bond acceptors (Lipinski definition) is 2. The van der Waals surface area contributed by atoms with E-state index in [4.69, 9.17) is 22.1 Å². The first kappa shape index (κ1) is 14.5. The van der Waals surface area contributed by atoms with Crippen molar-refractivity contribution < 1.29 is 9.53 Å². The van der Waals surface area contributed by atoms with Crippen molar-refractivity contribution in [3.05, 3.63) is 40.4 Å². The van der Waals surface area contributed by atoms with E-state index in [1.165, 1.54) is 12.0 Å². The summed E-state index contributed by atoms with van der Waals surface area (Å²) < 4.78 is 5.19. The molecule has 0 heterocycles. The number of carbonyl (C=O) groups is 1. The van der Waals surface area contributed by atoms with Gasteiger partial charge >= 0.3 is 0 Å². The minimum Gasteiger partial charge on any atom is -0.497 e. The van der Waals surface area contributed by atoms with Crippen LogP contribution >= 0.6 is 11.6 Å². The van der Waals surface area contributed by atoms with E-state index in [0.717, 1.165) is 35.6 Å². The highest BCUT2D eigenvalue weighted by Crippen LogP contribution is 2.56. The van der Waals surface area contributed by atoms with Crippen molar-refractivity contribution in [3.8, 4) is 5.75 Å². The van der Waals surface area contributed by atoms with Gasteiger partial charge in [-0.05, 0) is 61.1 Å². The van der Waals surface area contributed by atoms with Crippen LogP contribution in [0.15, 0.2) is 29.8 Å². The first-order valence-electron chi connectivity index (χ1n) is 7.42. The maximum atomic E-state index is 11.2. The third-order valence-electron chi connectivity index (χ3n) is 4.82. The third-order valence-corrected chi connectivity index (χ3v) is 5.15. The molecule has 3 atom stereocenters. The van der Waals surface area contributed by atoms with Crippen LogP contribution in [0, 0.1) is 11.8 Å². The van der Waals surface area contributed by atoms with E-state index >= 15 is 0 Å². The van der Waals surface area contributed by atoms with Gasteiger partial charge in [0, 0.05) is 10.6 Å². The number of hydrogen-bond donors (Lipinski definition) is 1. The molecule has 4 heteroatoms. The molecule has 0 aliphatic heterocycles. The van der Waals surface area contributed by atoms with Crippen molar-refractivity contribution in [2.45, 2.75) is 31.6 Å². The number of nitrogens with two attached hydrogens (primary N) is 1. The highest BCUT2D eigenvalue weighted by atomic mass is 35.5. The van der Waals surface area contributed by atoms with Gasteiger partial charge in [-0.25, -0.2) is 0 Å². The number of methoxy groups -OCH3 is 1. The minimum atomic E-state index is -0.265. The summed E-state index contributed by atoms with van der Waals surface area (Å²) in [5.41, 5.74) is 7.36. The van der Waals surface area contributed by atoms with E-state index in [1.807, 2.05) is 18.2 Å². The summed E-state index contributed by atoms with van der Waals surface area (Å²) in [6.45, 7) is 0. The van der Waals surface area contributed by atoms with Crippen LogP contribution in [-0.2, 0) is 4.79 Å². The summed E-state index contributed by atoms with van der Waals surface area (Å²) in [6.07, 6.45) is 6.06. The van der Waals surface area contributed by atoms with Gasteiger partial charge in [-0.2, -0.15) is 0 Å². The lowest BCUT2D eigenvalue weighted by atomic mass is 9.85. The van der Waals surface area contributed by atoms with E-state index in [-0.39, 0.29) is 5.91 Å². The SMILES string of the molecule is COc1ccc(C2CC2C2CC=C(C(N)=O)CC2)c(Cl)c1. The molecule has 3 rings (SSSR count). The van der Waals surface area contributed by atoms with Gasteiger partial charge in [-0.1, -0.05) is 23.7 Å². The molecule has 1 aromatic carbocycles. The number of halogens is 1. The van der Waals surface area contributed by atoms with Crippen LogP contribution in [0.1, 0.15) is 37.2 Å². The molecule has 21 heavy (non-hydrogen) atoms. The molecule has 1 fully saturated rings. The Balaban J connectivity index is 1.66. The number of benzene rings is 1. The summed E-state index contributed by atoms with van der Waals surface area (Å²) in [6, 6.07) is 5.94. The second-order valence-electron chi connectivity index (χ2n) is 6.02. The van der Waals surface area contributed by atoms with Crippen LogP contribution in [-0.4, -0.2) is 13.0 Å². The Labute approximate surface area is 130 Å².